The first kappa shape index (κ1) is 16.6. The van der Waals surface area contributed by atoms with Gasteiger partial charge in [-0.25, -0.2) is 0 Å². The van der Waals surface area contributed by atoms with Crippen molar-refractivity contribution in [2.45, 2.75) is 25.2 Å². The highest BCUT2D eigenvalue weighted by atomic mass is 14.5. The maximum atomic E-state index is 4.44. The summed E-state index contributed by atoms with van der Waals surface area (Å²) in [6.07, 6.45) is 1.91. The smallest absolute Gasteiger partial charge is 0.0457 e. The molecule has 26 heavy (non-hydrogen) atoms. The van der Waals surface area contributed by atoms with E-state index in [0.717, 1.165) is 12.8 Å². The molecule has 1 aliphatic rings. The fourth-order valence-corrected chi connectivity index (χ4v) is 4.25. The van der Waals surface area contributed by atoms with Crippen molar-refractivity contribution in [1.82, 2.24) is 0 Å². The zero-order valence-electron chi connectivity index (χ0n) is 15.3. The van der Waals surface area contributed by atoms with E-state index < -0.39 is 0 Å². The van der Waals surface area contributed by atoms with Crippen LogP contribution in [0.15, 0.2) is 109 Å². The van der Waals surface area contributed by atoms with E-state index in [0.29, 0.717) is 0 Å². The van der Waals surface area contributed by atoms with Gasteiger partial charge in [0.25, 0.3) is 0 Å². The van der Waals surface area contributed by atoms with Gasteiger partial charge < -0.3 is 0 Å². The summed E-state index contributed by atoms with van der Waals surface area (Å²) < 4.78 is 0. The minimum Gasteiger partial charge on any atom is -0.0995 e. The molecule has 3 aromatic rings. The molecule has 0 saturated heterocycles. The summed E-state index contributed by atoms with van der Waals surface area (Å²) in [4.78, 5) is 0. The lowest BCUT2D eigenvalue weighted by Crippen LogP contribution is -2.15. The lowest BCUT2D eigenvalue weighted by Gasteiger charge is -2.23. The highest BCUT2D eigenvalue weighted by Gasteiger charge is 2.52. The third-order valence-corrected chi connectivity index (χ3v) is 5.52. The molecule has 0 N–H and O–H groups in total. The van der Waals surface area contributed by atoms with Crippen molar-refractivity contribution in [3.05, 3.63) is 125 Å². The number of allylic oxidation sites excluding steroid dienone is 3. The van der Waals surface area contributed by atoms with E-state index in [1.54, 1.807) is 0 Å². The van der Waals surface area contributed by atoms with Crippen LogP contribution < -0.4 is 0 Å². The number of rotatable bonds is 6. The molecule has 0 radical (unpaired) electrons. The maximum Gasteiger partial charge on any atom is 0.0457 e. The van der Waals surface area contributed by atoms with Gasteiger partial charge in [0.2, 0.25) is 0 Å². The van der Waals surface area contributed by atoms with Gasteiger partial charge in [-0.05, 0) is 42.0 Å². The van der Waals surface area contributed by atoms with Gasteiger partial charge in [-0.1, -0.05) is 109 Å². The minimum atomic E-state index is 0.00841. The molecule has 1 unspecified atom stereocenters. The Hall–Kier alpha value is -2.86. The summed E-state index contributed by atoms with van der Waals surface area (Å²) in [5.41, 5.74) is 8.29. The maximum absolute atomic E-state index is 4.44. The molecule has 0 amide bonds. The lowest BCUT2D eigenvalue weighted by atomic mass is 9.80. The van der Waals surface area contributed by atoms with Crippen LogP contribution in [0.4, 0.5) is 0 Å². The average molecular weight is 336 g/mol. The van der Waals surface area contributed by atoms with Crippen LogP contribution in [-0.4, -0.2) is 0 Å². The molecule has 0 saturated carbocycles. The third kappa shape index (κ3) is 2.93. The normalized spacial score (nSPS) is 18.7. The van der Waals surface area contributed by atoms with Crippen LogP contribution in [0.25, 0.3) is 5.57 Å². The molecule has 0 heterocycles. The molecule has 3 aromatic carbocycles. The second-order valence-corrected chi connectivity index (χ2v) is 7.23. The van der Waals surface area contributed by atoms with Gasteiger partial charge in [0.15, 0.2) is 0 Å². The summed E-state index contributed by atoms with van der Waals surface area (Å²) >= 11 is 0. The van der Waals surface area contributed by atoms with Crippen molar-refractivity contribution in [1.29, 1.82) is 0 Å². The van der Waals surface area contributed by atoms with E-state index in [4.69, 9.17) is 0 Å². The Bertz CT molecular complexity index is 933. The summed E-state index contributed by atoms with van der Waals surface area (Å²) in [7, 11) is 0. The molecule has 0 bridgehead atoms. The first-order valence-electron chi connectivity index (χ1n) is 9.25. The van der Waals surface area contributed by atoms with E-state index in [1.807, 2.05) is 0 Å². The van der Waals surface area contributed by atoms with Crippen LogP contribution in [0.2, 0.25) is 0 Å². The molecule has 128 valence electrons. The first-order chi connectivity index (χ1) is 12.7. The van der Waals surface area contributed by atoms with Gasteiger partial charge >= 0.3 is 0 Å². The SMILES string of the molecule is C=C(Cc1ccccc1)CC1(c2ccccc2)C(C)=C1c1ccccc1. The number of benzene rings is 3. The molecule has 1 atom stereocenters. The Morgan fingerprint density at radius 1 is 0.769 bits per heavy atom. The van der Waals surface area contributed by atoms with Crippen molar-refractivity contribution >= 4 is 5.57 Å². The first-order valence-corrected chi connectivity index (χ1v) is 9.25. The van der Waals surface area contributed by atoms with E-state index in [-0.39, 0.29) is 5.41 Å². The predicted molar refractivity (Wildman–Crippen MR) is 111 cm³/mol. The van der Waals surface area contributed by atoms with Crippen molar-refractivity contribution in [2.75, 3.05) is 0 Å². The van der Waals surface area contributed by atoms with E-state index >= 15 is 0 Å². The molecule has 0 aliphatic heterocycles. The van der Waals surface area contributed by atoms with Gasteiger partial charge in [-0.3, -0.25) is 0 Å². The van der Waals surface area contributed by atoms with Gasteiger partial charge in [0.1, 0.15) is 0 Å². The van der Waals surface area contributed by atoms with Gasteiger partial charge in [0, 0.05) is 5.41 Å². The molecule has 1 aliphatic carbocycles. The van der Waals surface area contributed by atoms with Crippen LogP contribution in [0.1, 0.15) is 30.0 Å². The van der Waals surface area contributed by atoms with Crippen LogP contribution >= 0.6 is 0 Å². The van der Waals surface area contributed by atoms with E-state index in [2.05, 4.69) is 104 Å². The van der Waals surface area contributed by atoms with Crippen LogP contribution in [-0.2, 0) is 11.8 Å². The molecule has 0 heteroatoms. The van der Waals surface area contributed by atoms with Gasteiger partial charge in [-0.2, -0.15) is 0 Å². The summed E-state index contributed by atoms with van der Waals surface area (Å²) in [5.74, 6) is 0. The molecular formula is C26H24. The Kier molecular flexibility index (Phi) is 4.34. The molecule has 4 rings (SSSR count). The zero-order chi connectivity index (χ0) is 18.0. The second-order valence-electron chi connectivity index (χ2n) is 7.23. The topological polar surface area (TPSA) is 0 Å². The second kappa shape index (κ2) is 6.80. The Balaban J connectivity index is 1.65. The standard InChI is InChI=1S/C26H24/c1-20(18-22-12-6-3-7-13-22)19-26(24-16-10-5-11-17-24)21(2)25(26)23-14-8-4-9-15-23/h3-17H,1,18-19H2,2H3. The summed E-state index contributed by atoms with van der Waals surface area (Å²) in [6.45, 7) is 6.72. The van der Waals surface area contributed by atoms with E-state index in [9.17, 15) is 0 Å². The Morgan fingerprint density at radius 2 is 1.31 bits per heavy atom. The van der Waals surface area contributed by atoms with Gasteiger partial charge in [-0.15, -0.1) is 0 Å². The van der Waals surface area contributed by atoms with Crippen molar-refractivity contribution in [3.63, 3.8) is 0 Å². The van der Waals surface area contributed by atoms with Crippen LogP contribution in [0, 0.1) is 0 Å². The van der Waals surface area contributed by atoms with Crippen LogP contribution in [0.5, 0.6) is 0 Å². The molecule has 0 aromatic heterocycles. The third-order valence-electron chi connectivity index (χ3n) is 5.52. The fraction of sp³-hybridized carbons (Fsp3) is 0.154. The Morgan fingerprint density at radius 3 is 1.92 bits per heavy atom. The predicted octanol–water partition coefficient (Wildman–Crippen LogP) is 6.60. The monoisotopic (exact) mass is 336 g/mol. The molecule has 0 spiro atoms. The van der Waals surface area contributed by atoms with E-state index in [1.165, 1.54) is 33.4 Å². The van der Waals surface area contributed by atoms with Crippen LogP contribution in [0.3, 0.4) is 0 Å². The average Bonchev–Trinajstić information content (AvgIpc) is 3.28. The zero-order valence-corrected chi connectivity index (χ0v) is 15.3. The van der Waals surface area contributed by atoms with Crippen molar-refractivity contribution in [2.24, 2.45) is 0 Å². The van der Waals surface area contributed by atoms with Gasteiger partial charge in [0.05, 0.1) is 0 Å². The van der Waals surface area contributed by atoms with Crippen molar-refractivity contribution in [3.8, 4) is 0 Å². The summed E-state index contributed by atoms with van der Waals surface area (Å²) in [6, 6.07) is 32.3. The highest BCUT2D eigenvalue weighted by molar-refractivity contribution is 5.96. The Labute approximate surface area is 156 Å². The highest BCUT2D eigenvalue weighted by Crippen LogP contribution is 2.62. The largest absolute Gasteiger partial charge is 0.0995 e. The van der Waals surface area contributed by atoms with Crippen molar-refractivity contribution < 1.29 is 0 Å². The quantitative estimate of drug-likeness (QED) is 0.445. The number of hydrogen-bond acceptors (Lipinski definition) is 0. The fourth-order valence-electron chi connectivity index (χ4n) is 4.25. The summed E-state index contributed by atoms with van der Waals surface area (Å²) in [5, 5.41) is 0. The molecule has 0 nitrogen and oxygen atoms in total. The molecule has 0 fully saturated rings. The molecular weight excluding hydrogens is 312 g/mol. The lowest BCUT2D eigenvalue weighted by molar-refractivity contribution is 0.718. The minimum absolute atomic E-state index is 0.00841. The number of hydrogen-bond donors (Lipinski definition) is 0.